The van der Waals surface area contributed by atoms with E-state index in [1.807, 2.05) is 45.0 Å². The molecule has 0 saturated heterocycles. The Hall–Kier alpha value is -1.55. The molecule has 0 aromatic heterocycles. The molecule has 4 nitrogen and oxygen atoms in total. The van der Waals surface area contributed by atoms with E-state index in [0.717, 1.165) is 17.7 Å². The van der Waals surface area contributed by atoms with Crippen molar-refractivity contribution in [2.24, 2.45) is 0 Å². The lowest BCUT2D eigenvalue weighted by atomic mass is 9.96. The highest BCUT2D eigenvalue weighted by Crippen LogP contribution is 2.33. The van der Waals surface area contributed by atoms with Crippen molar-refractivity contribution in [1.82, 2.24) is 5.32 Å². The van der Waals surface area contributed by atoms with Crippen LogP contribution in [-0.4, -0.2) is 28.8 Å². The van der Waals surface area contributed by atoms with Crippen LogP contribution in [-0.2, 0) is 4.79 Å². The lowest BCUT2D eigenvalue weighted by Crippen LogP contribution is -2.53. The van der Waals surface area contributed by atoms with Gasteiger partial charge in [0.2, 0.25) is 0 Å². The first-order chi connectivity index (χ1) is 9.41. The highest BCUT2D eigenvalue weighted by molar-refractivity contribution is 5.79. The van der Waals surface area contributed by atoms with Gasteiger partial charge in [0.1, 0.15) is 17.4 Å². The van der Waals surface area contributed by atoms with Crippen LogP contribution in [0.4, 0.5) is 0 Å². The largest absolute Gasteiger partial charge is 0.490 e. The maximum absolute atomic E-state index is 11.6. The predicted octanol–water partition coefficient (Wildman–Crippen LogP) is 2.75. The molecular weight excluding hydrogens is 254 g/mol. The normalized spacial score (nSPS) is 25.9. The molecule has 1 fully saturated rings. The molecule has 0 bridgehead atoms. The number of carbonyl (C=O) groups is 1. The van der Waals surface area contributed by atoms with Crippen molar-refractivity contribution in [3.05, 3.63) is 29.8 Å². The van der Waals surface area contributed by atoms with E-state index in [-0.39, 0.29) is 12.1 Å². The molecule has 1 saturated carbocycles. The van der Waals surface area contributed by atoms with Crippen molar-refractivity contribution < 1.29 is 14.6 Å². The summed E-state index contributed by atoms with van der Waals surface area (Å²) in [6.45, 7) is 5.96. The average Bonchev–Trinajstić information content (AvgIpc) is 2.72. The van der Waals surface area contributed by atoms with Crippen LogP contribution in [0.3, 0.4) is 0 Å². The Bertz CT molecular complexity index is 486. The van der Waals surface area contributed by atoms with Gasteiger partial charge in [-0.1, -0.05) is 12.1 Å². The van der Waals surface area contributed by atoms with Crippen molar-refractivity contribution in [3.8, 4) is 5.75 Å². The zero-order valence-corrected chi connectivity index (χ0v) is 12.3. The Morgan fingerprint density at radius 2 is 2.25 bits per heavy atom. The smallest absolute Gasteiger partial charge is 0.324 e. The molecular formula is C16H23NO3. The second-order valence-corrected chi connectivity index (χ2v) is 5.99. The minimum absolute atomic E-state index is 0.0425. The number of ether oxygens (including phenoxy) is 1. The van der Waals surface area contributed by atoms with Gasteiger partial charge in [-0.2, -0.15) is 0 Å². The molecule has 0 heterocycles. The second-order valence-electron chi connectivity index (χ2n) is 5.99. The summed E-state index contributed by atoms with van der Waals surface area (Å²) in [4.78, 5) is 11.6. The van der Waals surface area contributed by atoms with E-state index in [1.54, 1.807) is 0 Å². The van der Waals surface area contributed by atoms with E-state index >= 15 is 0 Å². The van der Waals surface area contributed by atoms with E-state index in [9.17, 15) is 9.90 Å². The fourth-order valence-electron chi connectivity index (χ4n) is 2.92. The van der Waals surface area contributed by atoms with Gasteiger partial charge in [0.15, 0.2) is 0 Å². The molecule has 0 spiro atoms. The number of aryl methyl sites for hydroxylation is 1. The number of carboxylic acid groups (broad SMARTS) is 1. The summed E-state index contributed by atoms with van der Waals surface area (Å²) in [6, 6.07) is 8.02. The number of benzene rings is 1. The van der Waals surface area contributed by atoms with Crippen molar-refractivity contribution >= 4 is 5.97 Å². The van der Waals surface area contributed by atoms with Crippen molar-refractivity contribution in [3.63, 3.8) is 0 Å². The number of hydrogen-bond acceptors (Lipinski definition) is 3. The summed E-state index contributed by atoms with van der Waals surface area (Å²) in [5.74, 6) is 0.0438. The maximum atomic E-state index is 11.6. The highest BCUT2D eigenvalue weighted by atomic mass is 16.5. The monoisotopic (exact) mass is 277 g/mol. The van der Waals surface area contributed by atoms with Crippen LogP contribution in [0, 0.1) is 6.92 Å². The molecule has 1 aliphatic carbocycles. The van der Waals surface area contributed by atoms with Crippen LogP contribution in [0.2, 0.25) is 0 Å². The van der Waals surface area contributed by atoms with Crippen molar-refractivity contribution in [2.45, 2.75) is 57.7 Å². The van der Waals surface area contributed by atoms with Crippen LogP contribution in [0.25, 0.3) is 0 Å². The van der Waals surface area contributed by atoms with Gasteiger partial charge < -0.3 is 9.84 Å². The third-order valence-electron chi connectivity index (χ3n) is 3.74. The van der Waals surface area contributed by atoms with Gasteiger partial charge in [0.05, 0.1) is 0 Å². The molecule has 110 valence electrons. The fourth-order valence-corrected chi connectivity index (χ4v) is 2.92. The van der Waals surface area contributed by atoms with Gasteiger partial charge in [-0.15, -0.1) is 0 Å². The van der Waals surface area contributed by atoms with E-state index in [4.69, 9.17) is 4.74 Å². The molecule has 4 heteroatoms. The van der Waals surface area contributed by atoms with Gasteiger partial charge in [-0.25, -0.2) is 0 Å². The molecule has 1 aliphatic rings. The Morgan fingerprint density at radius 1 is 1.50 bits per heavy atom. The minimum Gasteiger partial charge on any atom is -0.490 e. The van der Waals surface area contributed by atoms with Crippen molar-refractivity contribution in [2.75, 3.05) is 0 Å². The number of nitrogens with one attached hydrogen (secondary N) is 1. The third kappa shape index (κ3) is 3.31. The molecule has 2 N–H and O–H groups in total. The molecule has 20 heavy (non-hydrogen) atoms. The van der Waals surface area contributed by atoms with E-state index in [2.05, 4.69) is 5.32 Å². The van der Waals surface area contributed by atoms with E-state index in [1.165, 1.54) is 0 Å². The van der Waals surface area contributed by atoms with Gasteiger partial charge in [-0.3, -0.25) is 10.1 Å². The van der Waals surface area contributed by atoms with Crippen LogP contribution in [0.15, 0.2) is 24.3 Å². The average molecular weight is 277 g/mol. The molecule has 0 aliphatic heterocycles. The second kappa shape index (κ2) is 5.83. The zero-order chi connectivity index (χ0) is 14.8. The Kier molecular flexibility index (Phi) is 4.33. The fraction of sp³-hybridized carbons (Fsp3) is 0.562. The molecule has 2 atom stereocenters. The van der Waals surface area contributed by atoms with E-state index in [0.29, 0.717) is 12.8 Å². The Balaban J connectivity index is 2.05. The standard InChI is InChI=1S/C16H23NO3/c1-11(2)17-16(15(18)19)8-7-14(10-16)20-13-6-4-5-12(3)9-13/h4-6,9,11,14,17H,7-8,10H2,1-3H3,(H,18,19). The third-order valence-corrected chi connectivity index (χ3v) is 3.74. The first-order valence-electron chi connectivity index (χ1n) is 7.16. The Labute approximate surface area is 120 Å². The van der Waals surface area contributed by atoms with Gasteiger partial charge >= 0.3 is 5.97 Å². The van der Waals surface area contributed by atoms with Crippen molar-refractivity contribution in [1.29, 1.82) is 0 Å². The van der Waals surface area contributed by atoms with Gasteiger partial charge in [0.25, 0.3) is 0 Å². The SMILES string of the molecule is Cc1cccc(OC2CCC(NC(C)C)(C(=O)O)C2)c1. The first kappa shape index (κ1) is 14.9. The molecule has 2 rings (SSSR count). The van der Waals surface area contributed by atoms with Crippen LogP contribution < -0.4 is 10.1 Å². The summed E-state index contributed by atoms with van der Waals surface area (Å²) in [5, 5.41) is 12.7. The Morgan fingerprint density at radius 3 is 2.85 bits per heavy atom. The van der Waals surface area contributed by atoms with E-state index < -0.39 is 11.5 Å². The topological polar surface area (TPSA) is 58.6 Å². The van der Waals surface area contributed by atoms with Gasteiger partial charge in [-0.05, 0) is 51.3 Å². The number of aliphatic carboxylic acids is 1. The number of rotatable bonds is 5. The molecule has 2 unspecified atom stereocenters. The first-order valence-corrected chi connectivity index (χ1v) is 7.16. The lowest BCUT2D eigenvalue weighted by Gasteiger charge is -2.28. The summed E-state index contributed by atoms with van der Waals surface area (Å²) in [5.41, 5.74) is 0.299. The summed E-state index contributed by atoms with van der Waals surface area (Å²) in [6.07, 6.45) is 1.84. The summed E-state index contributed by atoms with van der Waals surface area (Å²) < 4.78 is 5.94. The van der Waals surface area contributed by atoms with Crippen LogP contribution in [0.5, 0.6) is 5.75 Å². The highest BCUT2D eigenvalue weighted by Gasteiger charge is 2.46. The lowest BCUT2D eigenvalue weighted by molar-refractivity contribution is -0.145. The molecule has 0 amide bonds. The molecule has 0 radical (unpaired) electrons. The zero-order valence-electron chi connectivity index (χ0n) is 12.3. The number of carboxylic acids is 1. The minimum atomic E-state index is -0.845. The summed E-state index contributed by atoms with van der Waals surface area (Å²) >= 11 is 0. The molecule has 1 aromatic rings. The number of hydrogen-bond donors (Lipinski definition) is 2. The van der Waals surface area contributed by atoms with Gasteiger partial charge in [0, 0.05) is 12.5 Å². The molecule has 1 aromatic carbocycles. The van der Waals surface area contributed by atoms with Crippen LogP contribution >= 0.6 is 0 Å². The summed E-state index contributed by atoms with van der Waals surface area (Å²) in [7, 11) is 0. The predicted molar refractivity (Wildman–Crippen MR) is 78.1 cm³/mol. The maximum Gasteiger partial charge on any atom is 0.324 e. The van der Waals surface area contributed by atoms with Crippen LogP contribution in [0.1, 0.15) is 38.7 Å². The quantitative estimate of drug-likeness (QED) is 0.869.